The third kappa shape index (κ3) is 1.80. The smallest absolute Gasteiger partial charge is 0.307 e. The largest absolute Gasteiger partial charge is 0.481 e. The van der Waals surface area contributed by atoms with Gasteiger partial charge in [-0.3, -0.25) is 4.79 Å². The lowest BCUT2D eigenvalue weighted by Crippen LogP contribution is -2.03. The van der Waals surface area contributed by atoms with Gasteiger partial charge in [0.1, 0.15) is 0 Å². The fourth-order valence-electron chi connectivity index (χ4n) is 3.00. The van der Waals surface area contributed by atoms with Crippen molar-refractivity contribution >= 4 is 16.9 Å². The minimum Gasteiger partial charge on any atom is -0.481 e. The Labute approximate surface area is 106 Å². The number of fused-ring (bicyclic) bond motifs is 2. The first-order chi connectivity index (χ1) is 8.65. The molecule has 0 spiro atoms. The minimum absolute atomic E-state index is 0.102. The number of benzene rings is 1. The van der Waals surface area contributed by atoms with Crippen LogP contribution in [0.5, 0.6) is 0 Å². The molecule has 1 heterocycles. The molecule has 3 heteroatoms. The Morgan fingerprint density at radius 1 is 1.28 bits per heavy atom. The van der Waals surface area contributed by atoms with Gasteiger partial charge in [0, 0.05) is 16.6 Å². The van der Waals surface area contributed by atoms with Crippen molar-refractivity contribution in [3.8, 4) is 0 Å². The number of aromatic nitrogens is 1. The first-order valence-corrected chi connectivity index (χ1v) is 6.50. The number of H-pyrrole nitrogens is 1. The predicted molar refractivity (Wildman–Crippen MR) is 71.0 cm³/mol. The van der Waals surface area contributed by atoms with Crippen LogP contribution in [0.25, 0.3) is 10.9 Å². The van der Waals surface area contributed by atoms with Crippen molar-refractivity contribution in [1.29, 1.82) is 0 Å². The fraction of sp³-hybridized carbons (Fsp3) is 0.400. The van der Waals surface area contributed by atoms with Crippen molar-refractivity contribution in [2.24, 2.45) is 0 Å². The number of aromatic amines is 1. The molecule has 0 aliphatic heterocycles. The Morgan fingerprint density at radius 2 is 1.94 bits per heavy atom. The average Bonchev–Trinajstić information content (AvgIpc) is 2.62. The van der Waals surface area contributed by atoms with E-state index in [0.717, 1.165) is 35.0 Å². The highest BCUT2D eigenvalue weighted by Crippen LogP contribution is 2.30. The van der Waals surface area contributed by atoms with Gasteiger partial charge >= 0.3 is 5.97 Å². The highest BCUT2D eigenvalue weighted by molar-refractivity contribution is 5.89. The first kappa shape index (κ1) is 11.3. The van der Waals surface area contributed by atoms with E-state index in [-0.39, 0.29) is 6.42 Å². The van der Waals surface area contributed by atoms with Crippen molar-refractivity contribution < 1.29 is 9.90 Å². The molecule has 3 rings (SSSR count). The summed E-state index contributed by atoms with van der Waals surface area (Å²) in [6.07, 6.45) is 4.89. The van der Waals surface area contributed by atoms with Gasteiger partial charge < -0.3 is 10.1 Å². The van der Waals surface area contributed by atoms with E-state index >= 15 is 0 Å². The number of rotatable bonds is 2. The summed E-state index contributed by atoms with van der Waals surface area (Å²) >= 11 is 0. The molecule has 94 valence electrons. The lowest BCUT2D eigenvalue weighted by Gasteiger charge is -2.15. The minimum atomic E-state index is -0.767. The normalized spacial score (nSPS) is 14.7. The highest BCUT2D eigenvalue weighted by Gasteiger charge is 2.16. The van der Waals surface area contributed by atoms with Crippen LogP contribution in [0, 0.1) is 6.92 Å². The van der Waals surface area contributed by atoms with Gasteiger partial charge in [-0.25, -0.2) is 0 Å². The molecule has 0 unspecified atom stereocenters. The summed E-state index contributed by atoms with van der Waals surface area (Å²) in [4.78, 5) is 14.3. The Morgan fingerprint density at radius 3 is 2.61 bits per heavy atom. The van der Waals surface area contributed by atoms with Gasteiger partial charge in [0.2, 0.25) is 0 Å². The molecule has 0 saturated heterocycles. The van der Waals surface area contributed by atoms with Gasteiger partial charge in [-0.05, 0) is 61.4 Å². The van der Waals surface area contributed by atoms with Crippen molar-refractivity contribution in [1.82, 2.24) is 4.98 Å². The van der Waals surface area contributed by atoms with Gasteiger partial charge in [0.05, 0.1) is 6.42 Å². The molecule has 0 bridgehead atoms. The number of carboxylic acid groups (broad SMARTS) is 1. The maximum absolute atomic E-state index is 10.9. The summed E-state index contributed by atoms with van der Waals surface area (Å²) in [6.45, 7) is 1.96. The van der Waals surface area contributed by atoms with Crippen LogP contribution in [0.1, 0.15) is 35.2 Å². The quantitative estimate of drug-likeness (QED) is 0.852. The molecule has 2 N–H and O–H groups in total. The van der Waals surface area contributed by atoms with E-state index in [9.17, 15) is 4.79 Å². The Bertz CT molecular complexity index is 625. The molecular formula is C15H17NO2. The van der Waals surface area contributed by atoms with Crippen LogP contribution in [-0.2, 0) is 24.1 Å². The Hall–Kier alpha value is -1.77. The lowest BCUT2D eigenvalue weighted by atomic mass is 9.90. The number of carbonyl (C=O) groups is 1. The van der Waals surface area contributed by atoms with Gasteiger partial charge in [-0.15, -0.1) is 0 Å². The molecule has 1 aliphatic carbocycles. The first-order valence-electron chi connectivity index (χ1n) is 6.50. The number of nitrogens with one attached hydrogen (secondary N) is 1. The zero-order valence-electron chi connectivity index (χ0n) is 10.5. The molecule has 18 heavy (non-hydrogen) atoms. The highest BCUT2D eigenvalue weighted by atomic mass is 16.4. The molecule has 0 amide bonds. The van der Waals surface area contributed by atoms with Gasteiger partial charge in [0.15, 0.2) is 0 Å². The molecule has 2 aromatic rings. The number of hydrogen-bond acceptors (Lipinski definition) is 1. The fourth-order valence-corrected chi connectivity index (χ4v) is 3.00. The third-order valence-electron chi connectivity index (χ3n) is 3.91. The second-order valence-electron chi connectivity index (χ2n) is 5.17. The second-order valence-corrected chi connectivity index (χ2v) is 5.17. The van der Waals surface area contributed by atoms with Crippen LogP contribution >= 0.6 is 0 Å². The van der Waals surface area contributed by atoms with Crippen molar-refractivity contribution in [3.63, 3.8) is 0 Å². The SMILES string of the molecule is Cc1[nH]c2cc3c(cc2c1CC(=O)O)CCCC3. The maximum Gasteiger partial charge on any atom is 0.307 e. The van der Waals surface area contributed by atoms with Crippen LogP contribution in [0.15, 0.2) is 12.1 Å². The number of aliphatic carboxylic acids is 1. The molecule has 0 atom stereocenters. The Kier molecular flexibility index (Phi) is 2.62. The summed E-state index contributed by atoms with van der Waals surface area (Å²) in [6, 6.07) is 4.41. The summed E-state index contributed by atoms with van der Waals surface area (Å²) in [5.74, 6) is -0.767. The monoisotopic (exact) mass is 243 g/mol. The molecule has 1 aromatic carbocycles. The van der Waals surface area contributed by atoms with E-state index in [0.29, 0.717) is 0 Å². The molecular weight excluding hydrogens is 226 g/mol. The van der Waals surface area contributed by atoms with Crippen LogP contribution < -0.4 is 0 Å². The zero-order valence-corrected chi connectivity index (χ0v) is 10.5. The van der Waals surface area contributed by atoms with Crippen LogP contribution in [0.4, 0.5) is 0 Å². The van der Waals surface area contributed by atoms with Crippen molar-refractivity contribution in [3.05, 3.63) is 34.5 Å². The van der Waals surface area contributed by atoms with E-state index in [1.807, 2.05) is 6.92 Å². The molecule has 0 fully saturated rings. The van der Waals surface area contributed by atoms with Gasteiger partial charge in [0.25, 0.3) is 0 Å². The van der Waals surface area contributed by atoms with E-state index in [1.165, 1.54) is 24.0 Å². The summed E-state index contributed by atoms with van der Waals surface area (Å²) in [5.41, 5.74) is 5.83. The maximum atomic E-state index is 10.9. The molecule has 0 radical (unpaired) electrons. The number of carboxylic acids is 1. The van der Waals surface area contributed by atoms with E-state index < -0.39 is 5.97 Å². The van der Waals surface area contributed by atoms with Crippen LogP contribution in [0.2, 0.25) is 0 Å². The van der Waals surface area contributed by atoms with Crippen LogP contribution in [-0.4, -0.2) is 16.1 Å². The van der Waals surface area contributed by atoms with E-state index in [2.05, 4.69) is 17.1 Å². The summed E-state index contributed by atoms with van der Waals surface area (Å²) in [7, 11) is 0. The predicted octanol–water partition coefficient (Wildman–Crippen LogP) is 2.98. The summed E-state index contributed by atoms with van der Waals surface area (Å²) < 4.78 is 0. The lowest BCUT2D eigenvalue weighted by molar-refractivity contribution is -0.136. The Balaban J connectivity index is 2.18. The number of hydrogen-bond donors (Lipinski definition) is 2. The van der Waals surface area contributed by atoms with Crippen molar-refractivity contribution in [2.75, 3.05) is 0 Å². The van der Waals surface area contributed by atoms with Gasteiger partial charge in [-0.2, -0.15) is 0 Å². The standard InChI is InChI=1S/C15H17NO2/c1-9-12(8-15(17)18)13-6-10-4-2-3-5-11(10)7-14(13)16-9/h6-7,16H,2-5,8H2,1H3,(H,17,18). The third-order valence-corrected chi connectivity index (χ3v) is 3.91. The number of aryl methyl sites for hydroxylation is 3. The topological polar surface area (TPSA) is 53.1 Å². The van der Waals surface area contributed by atoms with Gasteiger partial charge in [-0.1, -0.05) is 0 Å². The van der Waals surface area contributed by atoms with Crippen molar-refractivity contribution in [2.45, 2.75) is 39.0 Å². The summed E-state index contributed by atoms with van der Waals surface area (Å²) in [5, 5.41) is 10.1. The molecule has 1 aromatic heterocycles. The van der Waals surface area contributed by atoms with Crippen LogP contribution in [0.3, 0.4) is 0 Å². The second kappa shape index (κ2) is 4.16. The molecule has 1 aliphatic rings. The van der Waals surface area contributed by atoms with E-state index in [1.54, 1.807) is 0 Å². The molecule has 3 nitrogen and oxygen atoms in total. The average molecular weight is 243 g/mol. The molecule has 0 saturated carbocycles. The zero-order chi connectivity index (χ0) is 12.7. The van der Waals surface area contributed by atoms with E-state index in [4.69, 9.17) is 5.11 Å².